The number of carbonyl (C=O) groups excluding carboxylic acids is 1. The maximum absolute atomic E-state index is 11.9. The summed E-state index contributed by atoms with van der Waals surface area (Å²) in [5.74, 6) is 0.474. The average molecular weight is 233 g/mol. The molecule has 6 heteroatoms. The molecular formula is C11H15N5O. The largest absolute Gasteiger partial charge is 0.292 e. The number of aryl methyl sites for hydroxylation is 1. The van der Waals surface area contributed by atoms with E-state index in [2.05, 4.69) is 27.2 Å². The summed E-state index contributed by atoms with van der Waals surface area (Å²) in [6.07, 6.45) is 4.40. The molecule has 0 aliphatic heterocycles. The summed E-state index contributed by atoms with van der Waals surface area (Å²) in [5, 5.41) is 12.0. The van der Waals surface area contributed by atoms with Crippen LogP contribution < -0.4 is 0 Å². The van der Waals surface area contributed by atoms with E-state index in [4.69, 9.17) is 0 Å². The molecule has 0 unspecified atom stereocenters. The second kappa shape index (κ2) is 4.99. The number of rotatable bonds is 5. The van der Waals surface area contributed by atoms with Gasteiger partial charge in [-0.05, 0) is 12.8 Å². The lowest BCUT2D eigenvalue weighted by Gasteiger charge is -2.06. The normalized spacial score (nSPS) is 10.9. The first-order valence-electron chi connectivity index (χ1n) is 5.86. The Bertz CT molecular complexity index is 534. The van der Waals surface area contributed by atoms with E-state index < -0.39 is 0 Å². The smallest absolute Gasteiger partial charge is 0.271 e. The first-order chi connectivity index (χ1) is 8.27. The van der Waals surface area contributed by atoms with Gasteiger partial charge in [-0.15, -0.1) is 10.2 Å². The van der Waals surface area contributed by atoms with Crippen LogP contribution in [0.2, 0.25) is 0 Å². The highest BCUT2D eigenvalue weighted by Crippen LogP contribution is 2.11. The average Bonchev–Trinajstić information content (AvgIpc) is 2.78. The summed E-state index contributed by atoms with van der Waals surface area (Å²) in [4.78, 5) is 15.9. The molecule has 0 aliphatic rings. The molecule has 0 bridgehead atoms. The van der Waals surface area contributed by atoms with Gasteiger partial charge in [0.25, 0.3) is 5.78 Å². The molecule has 6 nitrogen and oxygen atoms in total. The molecule has 0 fully saturated rings. The van der Waals surface area contributed by atoms with Gasteiger partial charge in [0, 0.05) is 6.42 Å². The number of hydrogen-bond acceptors (Lipinski definition) is 5. The van der Waals surface area contributed by atoms with E-state index >= 15 is 0 Å². The highest BCUT2D eigenvalue weighted by Gasteiger charge is 2.17. The SMILES string of the molecule is CCCC(=O)c1nnc2ncnn2c1CCC. The van der Waals surface area contributed by atoms with E-state index in [1.807, 2.05) is 6.92 Å². The van der Waals surface area contributed by atoms with Crippen molar-refractivity contribution in [2.24, 2.45) is 0 Å². The number of aromatic nitrogens is 5. The van der Waals surface area contributed by atoms with Crippen LogP contribution >= 0.6 is 0 Å². The maximum Gasteiger partial charge on any atom is 0.271 e. The number of ketones is 1. The Morgan fingerprint density at radius 2 is 2.12 bits per heavy atom. The number of carbonyl (C=O) groups is 1. The topological polar surface area (TPSA) is 73.0 Å². The molecule has 0 amide bonds. The molecule has 0 aromatic carbocycles. The number of hydrogen-bond donors (Lipinski definition) is 0. The minimum absolute atomic E-state index is 0.0286. The quantitative estimate of drug-likeness (QED) is 0.731. The third-order valence-corrected chi connectivity index (χ3v) is 2.53. The molecule has 0 aliphatic carbocycles. The highest BCUT2D eigenvalue weighted by molar-refractivity contribution is 5.95. The van der Waals surface area contributed by atoms with Crippen molar-refractivity contribution in [3.8, 4) is 0 Å². The van der Waals surface area contributed by atoms with Crippen molar-refractivity contribution in [3.63, 3.8) is 0 Å². The van der Waals surface area contributed by atoms with Gasteiger partial charge in [-0.25, -0.2) is 0 Å². The summed E-state index contributed by atoms with van der Waals surface area (Å²) < 4.78 is 1.61. The predicted molar refractivity (Wildman–Crippen MR) is 61.8 cm³/mol. The molecule has 2 heterocycles. The zero-order chi connectivity index (χ0) is 12.3. The minimum atomic E-state index is 0.0286. The number of Topliss-reactive ketones (excluding diaryl/α,β-unsaturated/α-hetero) is 1. The molecule has 2 aromatic rings. The third kappa shape index (κ3) is 2.15. The zero-order valence-corrected chi connectivity index (χ0v) is 10.1. The summed E-state index contributed by atoms with van der Waals surface area (Å²) in [6, 6.07) is 0. The lowest BCUT2D eigenvalue weighted by molar-refractivity contribution is 0.0974. The van der Waals surface area contributed by atoms with Gasteiger partial charge in [-0.1, -0.05) is 20.3 Å². The Kier molecular flexibility index (Phi) is 3.41. The van der Waals surface area contributed by atoms with Crippen LogP contribution in [0.4, 0.5) is 0 Å². The lowest BCUT2D eigenvalue weighted by Crippen LogP contribution is -2.14. The Balaban J connectivity index is 2.53. The van der Waals surface area contributed by atoms with E-state index in [1.165, 1.54) is 6.33 Å². The van der Waals surface area contributed by atoms with Crippen molar-refractivity contribution < 1.29 is 4.79 Å². The van der Waals surface area contributed by atoms with Gasteiger partial charge >= 0.3 is 0 Å². The van der Waals surface area contributed by atoms with Crippen LogP contribution in [-0.4, -0.2) is 30.6 Å². The monoisotopic (exact) mass is 233 g/mol. The molecule has 2 aromatic heterocycles. The van der Waals surface area contributed by atoms with Crippen molar-refractivity contribution in [1.29, 1.82) is 0 Å². The summed E-state index contributed by atoms with van der Waals surface area (Å²) >= 11 is 0. The standard InChI is InChI=1S/C11H15N5O/c1-3-5-8-10(9(17)6-4-2)14-15-11-12-7-13-16(8)11/h7H,3-6H2,1-2H3. The predicted octanol–water partition coefficient (Wildman–Crippen LogP) is 1.45. The fraction of sp³-hybridized carbons (Fsp3) is 0.545. The van der Waals surface area contributed by atoms with Gasteiger partial charge in [0.05, 0.1) is 5.69 Å². The van der Waals surface area contributed by atoms with Crippen molar-refractivity contribution in [2.75, 3.05) is 0 Å². The van der Waals surface area contributed by atoms with Crippen LogP contribution in [0, 0.1) is 0 Å². The fourth-order valence-corrected chi connectivity index (χ4v) is 1.77. The molecule has 2 rings (SSSR count). The Morgan fingerprint density at radius 3 is 2.82 bits per heavy atom. The second-order valence-corrected chi connectivity index (χ2v) is 3.89. The zero-order valence-electron chi connectivity index (χ0n) is 10.1. The van der Waals surface area contributed by atoms with E-state index in [1.54, 1.807) is 4.52 Å². The van der Waals surface area contributed by atoms with Crippen molar-refractivity contribution >= 4 is 11.6 Å². The van der Waals surface area contributed by atoms with Gasteiger partial charge in [0.15, 0.2) is 11.5 Å². The van der Waals surface area contributed by atoms with Crippen LogP contribution in [0.15, 0.2) is 6.33 Å². The molecule has 0 spiro atoms. The maximum atomic E-state index is 11.9. The van der Waals surface area contributed by atoms with Crippen molar-refractivity contribution in [3.05, 3.63) is 17.7 Å². The third-order valence-electron chi connectivity index (χ3n) is 2.53. The van der Waals surface area contributed by atoms with Crippen LogP contribution in [-0.2, 0) is 6.42 Å². The van der Waals surface area contributed by atoms with E-state index in [-0.39, 0.29) is 5.78 Å². The second-order valence-electron chi connectivity index (χ2n) is 3.89. The highest BCUT2D eigenvalue weighted by atomic mass is 16.1. The van der Waals surface area contributed by atoms with Crippen LogP contribution in [0.25, 0.3) is 5.78 Å². The molecule has 0 saturated carbocycles. The Hall–Kier alpha value is -1.85. The summed E-state index contributed by atoms with van der Waals surface area (Å²) in [6.45, 7) is 4.02. The Morgan fingerprint density at radius 1 is 1.29 bits per heavy atom. The molecule has 17 heavy (non-hydrogen) atoms. The van der Waals surface area contributed by atoms with E-state index in [0.717, 1.165) is 25.0 Å². The number of fused-ring (bicyclic) bond motifs is 1. The molecule has 0 atom stereocenters. The first kappa shape index (κ1) is 11.6. The van der Waals surface area contributed by atoms with Gasteiger partial charge in [0.2, 0.25) is 0 Å². The van der Waals surface area contributed by atoms with Gasteiger partial charge in [-0.2, -0.15) is 14.6 Å². The van der Waals surface area contributed by atoms with E-state index in [0.29, 0.717) is 17.9 Å². The summed E-state index contributed by atoms with van der Waals surface area (Å²) in [7, 11) is 0. The first-order valence-corrected chi connectivity index (χ1v) is 5.86. The minimum Gasteiger partial charge on any atom is -0.292 e. The molecule has 0 N–H and O–H groups in total. The van der Waals surface area contributed by atoms with Gasteiger partial charge < -0.3 is 0 Å². The van der Waals surface area contributed by atoms with Crippen LogP contribution in [0.5, 0.6) is 0 Å². The van der Waals surface area contributed by atoms with Crippen molar-refractivity contribution in [1.82, 2.24) is 24.8 Å². The molecular weight excluding hydrogens is 218 g/mol. The fourth-order valence-electron chi connectivity index (χ4n) is 1.77. The van der Waals surface area contributed by atoms with Gasteiger partial charge in [-0.3, -0.25) is 4.79 Å². The number of nitrogens with zero attached hydrogens (tertiary/aromatic N) is 5. The van der Waals surface area contributed by atoms with Crippen LogP contribution in [0.3, 0.4) is 0 Å². The van der Waals surface area contributed by atoms with Crippen LogP contribution in [0.1, 0.15) is 49.3 Å². The Labute approximate surface area is 99.1 Å². The van der Waals surface area contributed by atoms with E-state index in [9.17, 15) is 4.79 Å². The summed E-state index contributed by atoms with van der Waals surface area (Å²) in [5.41, 5.74) is 1.25. The van der Waals surface area contributed by atoms with Crippen molar-refractivity contribution in [2.45, 2.75) is 39.5 Å². The lowest BCUT2D eigenvalue weighted by atomic mass is 10.1. The molecule has 90 valence electrons. The molecule has 0 radical (unpaired) electrons. The van der Waals surface area contributed by atoms with Gasteiger partial charge in [0.1, 0.15) is 6.33 Å². The molecule has 0 saturated heterocycles.